The molecule has 0 aliphatic heterocycles. The molecule has 4 heteroatoms. The predicted octanol–water partition coefficient (Wildman–Crippen LogP) is 2.79. The van der Waals surface area contributed by atoms with Crippen LogP contribution in [0.25, 0.3) is 0 Å². The third kappa shape index (κ3) is 3.54. The van der Waals surface area contributed by atoms with Gasteiger partial charge in [-0.15, -0.1) is 11.3 Å². The van der Waals surface area contributed by atoms with Crippen molar-refractivity contribution in [2.45, 2.75) is 45.2 Å². The van der Waals surface area contributed by atoms with Gasteiger partial charge in [0, 0.05) is 17.5 Å². The van der Waals surface area contributed by atoms with Crippen LogP contribution < -0.4 is 5.32 Å². The summed E-state index contributed by atoms with van der Waals surface area (Å²) in [7, 11) is 0. The molecule has 1 aliphatic carbocycles. The van der Waals surface area contributed by atoms with E-state index in [9.17, 15) is 4.79 Å². The average Bonchev–Trinajstić information content (AvgIpc) is 2.73. The van der Waals surface area contributed by atoms with Crippen LogP contribution in [0.5, 0.6) is 0 Å². The van der Waals surface area contributed by atoms with Crippen LogP contribution in [-0.4, -0.2) is 17.1 Å². The quantitative estimate of drug-likeness (QED) is 0.867. The maximum Gasteiger partial charge on any atom is 0.306 e. The maximum absolute atomic E-state index is 10.8. The van der Waals surface area contributed by atoms with Crippen molar-refractivity contribution in [3.05, 3.63) is 21.9 Å². The SMILES string of the molecule is Cc1csc(CNC2CCC(C(=O)O)CC2)c1. The zero-order chi connectivity index (χ0) is 12.3. The summed E-state index contributed by atoms with van der Waals surface area (Å²) < 4.78 is 0. The number of hydrogen-bond acceptors (Lipinski definition) is 3. The number of carbonyl (C=O) groups is 1. The van der Waals surface area contributed by atoms with Crippen LogP contribution in [0.1, 0.15) is 36.1 Å². The fourth-order valence-corrected chi connectivity index (χ4v) is 3.20. The predicted molar refractivity (Wildman–Crippen MR) is 69.3 cm³/mol. The summed E-state index contributed by atoms with van der Waals surface area (Å²) in [6.07, 6.45) is 3.61. The first-order valence-electron chi connectivity index (χ1n) is 6.15. The molecule has 0 saturated heterocycles. The minimum Gasteiger partial charge on any atom is -0.481 e. The second-order valence-corrected chi connectivity index (χ2v) is 5.85. The molecule has 17 heavy (non-hydrogen) atoms. The Balaban J connectivity index is 1.73. The Bertz CT molecular complexity index is 381. The Kier molecular flexibility index (Phi) is 4.18. The molecule has 94 valence electrons. The van der Waals surface area contributed by atoms with Crippen LogP contribution in [0, 0.1) is 12.8 Å². The Hall–Kier alpha value is -0.870. The highest BCUT2D eigenvalue weighted by molar-refractivity contribution is 7.10. The van der Waals surface area contributed by atoms with Crippen molar-refractivity contribution < 1.29 is 9.90 Å². The van der Waals surface area contributed by atoms with E-state index in [1.807, 2.05) is 0 Å². The van der Waals surface area contributed by atoms with Gasteiger partial charge in [0.1, 0.15) is 0 Å². The summed E-state index contributed by atoms with van der Waals surface area (Å²) in [4.78, 5) is 12.2. The van der Waals surface area contributed by atoms with Crippen molar-refractivity contribution in [2.75, 3.05) is 0 Å². The van der Waals surface area contributed by atoms with Gasteiger partial charge in [0.2, 0.25) is 0 Å². The molecule has 3 nitrogen and oxygen atoms in total. The second kappa shape index (κ2) is 5.65. The fraction of sp³-hybridized carbons (Fsp3) is 0.615. The molecule has 1 aromatic heterocycles. The van der Waals surface area contributed by atoms with E-state index in [1.165, 1.54) is 10.4 Å². The lowest BCUT2D eigenvalue weighted by atomic mass is 9.86. The maximum atomic E-state index is 10.8. The molecular weight excluding hydrogens is 234 g/mol. The number of carboxylic acids is 1. The van der Waals surface area contributed by atoms with Gasteiger partial charge in [-0.25, -0.2) is 0 Å². The van der Waals surface area contributed by atoms with E-state index in [2.05, 4.69) is 23.7 Å². The molecule has 1 saturated carbocycles. The van der Waals surface area contributed by atoms with Crippen LogP contribution in [0.15, 0.2) is 11.4 Å². The zero-order valence-corrected chi connectivity index (χ0v) is 10.9. The lowest BCUT2D eigenvalue weighted by molar-refractivity contribution is -0.142. The highest BCUT2D eigenvalue weighted by atomic mass is 32.1. The molecule has 1 aromatic rings. The minimum atomic E-state index is -0.627. The summed E-state index contributed by atoms with van der Waals surface area (Å²) in [6, 6.07) is 2.70. The largest absolute Gasteiger partial charge is 0.481 e. The molecule has 1 aliphatic rings. The van der Waals surface area contributed by atoms with E-state index in [0.29, 0.717) is 6.04 Å². The van der Waals surface area contributed by atoms with Crippen molar-refractivity contribution in [2.24, 2.45) is 5.92 Å². The standard InChI is InChI=1S/C13H19NO2S/c1-9-6-12(17-8-9)7-14-11-4-2-10(3-5-11)13(15)16/h6,8,10-11,14H,2-5,7H2,1H3,(H,15,16). The summed E-state index contributed by atoms with van der Waals surface area (Å²) in [5, 5.41) is 14.6. The van der Waals surface area contributed by atoms with E-state index in [0.717, 1.165) is 32.2 Å². The first-order valence-corrected chi connectivity index (χ1v) is 7.03. The van der Waals surface area contributed by atoms with Gasteiger partial charge in [-0.2, -0.15) is 0 Å². The average molecular weight is 253 g/mol. The van der Waals surface area contributed by atoms with E-state index >= 15 is 0 Å². The summed E-state index contributed by atoms with van der Waals surface area (Å²) in [6.45, 7) is 3.03. The number of hydrogen-bond donors (Lipinski definition) is 2. The van der Waals surface area contributed by atoms with Gasteiger partial charge in [0.05, 0.1) is 5.92 Å². The van der Waals surface area contributed by atoms with Gasteiger partial charge < -0.3 is 10.4 Å². The van der Waals surface area contributed by atoms with Crippen molar-refractivity contribution in [1.29, 1.82) is 0 Å². The molecule has 0 aromatic carbocycles. The number of aryl methyl sites for hydroxylation is 1. The van der Waals surface area contributed by atoms with Gasteiger partial charge in [0.25, 0.3) is 0 Å². The van der Waals surface area contributed by atoms with Crippen molar-refractivity contribution in [1.82, 2.24) is 5.32 Å². The fourth-order valence-electron chi connectivity index (χ4n) is 2.37. The highest BCUT2D eigenvalue weighted by Gasteiger charge is 2.25. The van der Waals surface area contributed by atoms with Crippen LogP contribution in [-0.2, 0) is 11.3 Å². The Labute approximate surface area is 106 Å². The van der Waals surface area contributed by atoms with Gasteiger partial charge in [-0.05, 0) is 49.6 Å². The van der Waals surface area contributed by atoms with Crippen LogP contribution in [0.3, 0.4) is 0 Å². The normalized spacial score (nSPS) is 24.8. The van der Waals surface area contributed by atoms with Gasteiger partial charge in [-0.1, -0.05) is 0 Å². The third-order valence-corrected chi connectivity index (χ3v) is 4.48. The Morgan fingerprint density at radius 3 is 2.71 bits per heavy atom. The monoisotopic (exact) mass is 253 g/mol. The number of nitrogens with one attached hydrogen (secondary N) is 1. The highest BCUT2D eigenvalue weighted by Crippen LogP contribution is 2.25. The van der Waals surface area contributed by atoms with Crippen LogP contribution >= 0.6 is 11.3 Å². The molecule has 0 unspecified atom stereocenters. The van der Waals surface area contributed by atoms with Gasteiger partial charge >= 0.3 is 5.97 Å². The summed E-state index contributed by atoms with van der Waals surface area (Å²) in [5.41, 5.74) is 1.32. The molecule has 0 bridgehead atoms. The second-order valence-electron chi connectivity index (χ2n) is 4.86. The zero-order valence-electron chi connectivity index (χ0n) is 10.1. The first kappa shape index (κ1) is 12.6. The molecule has 0 spiro atoms. The van der Waals surface area contributed by atoms with Crippen molar-refractivity contribution in [3.63, 3.8) is 0 Å². The number of thiophene rings is 1. The van der Waals surface area contributed by atoms with E-state index in [-0.39, 0.29) is 5.92 Å². The summed E-state index contributed by atoms with van der Waals surface area (Å²) in [5.74, 6) is -0.741. The molecule has 0 radical (unpaired) electrons. The van der Waals surface area contributed by atoms with Crippen LogP contribution in [0.2, 0.25) is 0 Å². The van der Waals surface area contributed by atoms with E-state index in [4.69, 9.17) is 5.11 Å². The third-order valence-electron chi connectivity index (χ3n) is 3.43. The first-order chi connectivity index (χ1) is 8.15. The molecule has 0 atom stereocenters. The molecule has 2 rings (SSSR count). The minimum absolute atomic E-state index is 0.114. The molecule has 1 fully saturated rings. The smallest absolute Gasteiger partial charge is 0.306 e. The van der Waals surface area contributed by atoms with E-state index < -0.39 is 5.97 Å². The molecule has 2 N–H and O–H groups in total. The number of rotatable bonds is 4. The Morgan fingerprint density at radius 2 is 2.18 bits per heavy atom. The van der Waals surface area contributed by atoms with Crippen molar-refractivity contribution in [3.8, 4) is 0 Å². The summed E-state index contributed by atoms with van der Waals surface area (Å²) >= 11 is 1.79. The van der Waals surface area contributed by atoms with Crippen molar-refractivity contribution >= 4 is 17.3 Å². The number of aliphatic carboxylic acids is 1. The van der Waals surface area contributed by atoms with Crippen LogP contribution in [0.4, 0.5) is 0 Å². The number of carboxylic acid groups (broad SMARTS) is 1. The van der Waals surface area contributed by atoms with E-state index in [1.54, 1.807) is 11.3 Å². The lowest BCUT2D eigenvalue weighted by Gasteiger charge is -2.26. The molecule has 0 amide bonds. The lowest BCUT2D eigenvalue weighted by Crippen LogP contribution is -2.34. The topological polar surface area (TPSA) is 49.3 Å². The Morgan fingerprint density at radius 1 is 1.47 bits per heavy atom. The molecule has 1 heterocycles. The molecular formula is C13H19NO2S. The van der Waals surface area contributed by atoms with Gasteiger partial charge in [-0.3, -0.25) is 4.79 Å². The van der Waals surface area contributed by atoms with Gasteiger partial charge in [0.15, 0.2) is 0 Å².